The number of nitrogens with one attached hydrogen (secondary N) is 1. The molecule has 0 aromatic carbocycles. The first-order valence-electron chi connectivity index (χ1n) is 19.7. The predicted molar refractivity (Wildman–Crippen MR) is 212 cm³/mol. The summed E-state index contributed by atoms with van der Waals surface area (Å²) >= 11 is 0. The second kappa shape index (κ2) is 33.1. The van der Waals surface area contributed by atoms with Crippen LogP contribution in [0.25, 0.3) is 0 Å². The van der Waals surface area contributed by atoms with Crippen LogP contribution in [0.2, 0.25) is 0 Å². The lowest BCUT2D eigenvalue weighted by molar-refractivity contribution is -0.870. The van der Waals surface area contributed by atoms with Crippen LogP contribution >= 0.6 is 7.82 Å². The molecule has 3 atom stereocenters. The van der Waals surface area contributed by atoms with E-state index >= 15 is 0 Å². The molecule has 1 amide bonds. The first kappa shape index (κ1) is 48.2. The molecule has 9 heteroatoms. The van der Waals surface area contributed by atoms with Crippen molar-refractivity contribution >= 4 is 13.7 Å². The highest BCUT2D eigenvalue weighted by Gasteiger charge is 2.27. The zero-order valence-corrected chi connectivity index (χ0v) is 33.5. The second-order valence-corrected chi connectivity index (χ2v) is 15.8. The average Bonchev–Trinajstić information content (AvgIpc) is 3.06. The summed E-state index contributed by atoms with van der Waals surface area (Å²) in [6.45, 7) is 4.68. The third-order valence-electron chi connectivity index (χ3n) is 8.22. The zero-order chi connectivity index (χ0) is 37.2. The van der Waals surface area contributed by atoms with Crippen LogP contribution in [0.5, 0.6) is 0 Å². The molecule has 0 aromatic heterocycles. The van der Waals surface area contributed by atoms with Crippen LogP contribution in [0.3, 0.4) is 0 Å². The third-order valence-corrected chi connectivity index (χ3v) is 9.20. The van der Waals surface area contributed by atoms with Gasteiger partial charge in [0.15, 0.2) is 0 Å². The normalized spacial score (nSPS) is 15.3. The molecule has 0 aliphatic carbocycles. The molecule has 0 aliphatic rings. The van der Waals surface area contributed by atoms with Crippen LogP contribution in [0.4, 0.5) is 0 Å². The number of aliphatic hydroxyl groups excluding tert-OH is 1. The summed E-state index contributed by atoms with van der Waals surface area (Å²) in [5, 5.41) is 13.7. The number of aliphatic hydroxyl groups is 1. The standard InChI is InChI=1S/C41H75N2O6P/c1-6-8-10-12-14-16-18-20-21-23-25-27-29-31-33-35-41(45)42-39(38-49-50(46,47)48-37-36-43(3,4)5)40(44)34-32-30-28-26-24-22-19-17-15-13-11-9-7-2/h14-18,20,24,26,32,34,39-40,44H,6-13,19,21-23,25,27-31,33,35-38H2,1-5H3,(H-,42,45,46,47)/p+1/b16-14-,17-15+,20-18-,26-24+,34-32+. The monoisotopic (exact) mass is 724 g/mol. The molecule has 290 valence electrons. The average molecular weight is 724 g/mol. The van der Waals surface area contributed by atoms with E-state index in [-0.39, 0.29) is 19.1 Å². The Labute approximate surface area is 307 Å². The number of phosphoric acid groups is 1. The Balaban J connectivity index is 4.62. The van der Waals surface area contributed by atoms with E-state index < -0.39 is 20.0 Å². The fraction of sp³-hybridized carbons (Fsp3) is 0.732. The van der Waals surface area contributed by atoms with Crippen molar-refractivity contribution in [1.82, 2.24) is 5.32 Å². The number of unbranched alkanes of at least 4 members (excludes halogenated alkanes) is 14. The van der Waals surface area contributed by atoms with E-state index in [4.69, 9.17) is 9.05 Å². The molecule has 0 heterocycles. The number of likely N-dealkylation sites (N-methyl/N-ethyl adjacent to an activating group) is 1. The summed E-state index contributed by atoms with van der Waals surface area (Å²) in [5.74, 6) is -0.208. The largest absolute Gasteiger partial charge is 0.472 e. The van der Waals surface area contributed by atoms with Crippen LogP contribution in [-0.2, 0) is 18.4 Å². The molecule has 3 unspecified atom stereocenters. The molecule has 8 nitrogen and oxygen atoms in total. The van der Waals surface area contributed by atoms with Crippen molar-refractivity contribution in [3.8, 4) is 0 Å². The molecule has 0 aliphatic heterocycles. The van der Waals surface area contributed by atoms with Crippen molar-refractivity contribution in [2.45, 2.75) is 154 Å². The van der Waals surface area contributed by atoms with Crippen LogP contribution in [0.1, 0.15) is 142 Å². The van der Waals surface area contributed by atoms with Gasteiger partial charge in [-0.05, 0) is 70.6 Å². The summed E-state index contributed by atoms with van der Waals surface area (Å²) in [5.41, 5.74) is 0. The van der Waals surface area contributed by atoms with Crippen molar-refractivity contribution in [2.75, 3.05) is 40.9 Å². The maximum Gasteiger partial charge on any atom is 0.472 e. The van der Waals surface area contributed by atoms with Crippen molar-refractivity contribution in [3.05, 3.63) is 60.8 Å². The molecule has 3 N–H and O–H groups in total. The van der Waals surface area contributed by atoms with Gasteiger partial charge in [-0.3, -0.25) is 13.8 Å². The molecular formula is C41H76N2O6P+. The van der Waals surface area contributed by atoms with Gasteiger partial charge in [-0.15, -0.1) is 0 Å². The number of carbonyl (C=O) groups excluding carboxylic acids is 1. The molecule has 0 fully saturated rings. The van der Waals surface area contributed by atoms with Gasteiger partial charge in [-0.2, -0.15) is 0 Å². The van der Waals surface area contributed by atoms with E-state index in [1.807, 2.05) is 27.2 Å². The van der Waals surface area contributed by atoms with Gasteiger partial charge >= 0.3 is 7.82 Å². The van der Waals surface area contributed by atoms with Crippen LogP contribution in [0.15, 0.2) is 60.8 Å². The Kier molecular flexibility index (Phi) is 31.9. The zero-order valence-electron chi connectivity index (χ0n) is 32.6. The van der Waals surface area contributed by atoms with Gasteiger partial charge in [-0.25, -0.2) is 4.57 Å². The Morgan fingerprint density at radius 3 is 1.72 bits per heavy atom. The van der Waals surface area contributed by atoms with Gasteiger partial charge in [0.1, 0.15) is 13.2 Å². The number of carbonyl (C=O) groups is 1. The second-order valence-electron chi connectivity index (χ2n) is 14.3. The van der Waals surface area contributed by atoms with Crippen molar-refractivity contribution in [2.24, 2.45) is 0 Å². The Hall–Kier alpha value is -1.80. The van der Waals surface area contributed by atoms with Gasteiger partial charge in [0.05, 0.1) is 39.9 Å². The van der Waals surface area contributed by atoms with Crippen LogP contribution < -0.4 is 5.32 Å². The fourth-order valence-electron chi connectivity index (χ4n) is 5.00. The number of hydrogen-bond donors (Lipinski definition) is 3. The number of nitrogens with zero attached hydrogens (tertiary/aromatic N) is 1. The summed E-state index contributed by atoms with van der Waals surface area (Å²) in [4.78, 5) is 23.0. The van der Waals surface area contributed by atoms with Gasteiger partial charge < -0.3 is 19.8 Å². The molecule has 0 saturated heterocycles. The lowest BCUT2D eigenvalue weighted by Gasteiger charge is -2.25. The van der Waals surface area contributed by atoms with E-state index in [1.165, 1.54) is 51.4 Å². The molecule has 0 radical (unpaired) electrons. The predicted octanol–water partition coefficient (Wildman–Crippen LogP) is 10.3. The van der Waals surface area contributed by atoms with Gasteiger partial charge in [0.2, 0.25) is 5.91 Å². The molecular weight excluding hydrogens is 647 g/mol. The Morgan fingerprint density at radius 2 is 1.16 bits per heavy atom. The first-order chi connectivity index (χ1) is 24.0. The lowest BCUT2D eigenvalue weighted by atomic mass is 10.1. The van der Waals surface area contributed by atoms with Crippen LogP contribution in [-0.4, -0.2) is 73.4 Å². The summed E-state index contributed by atoms with van der Waals surface area (Å²) in [7, 11) is 1.52. The summed E-state index contributed by atoms with van der Waals surface area (Å²) in [6, 6.07) is -0.875. The maximum atomic E-state index is 12.8. The summed E-state index contributed by atoms with van der Waals surface area (Å²) in [6.07, 6.45) is 41.4. The summed E-state index contributed by atoms with van der Waals surface area (Å²) < 4.78 is 23.4. The highest BCUT2D eigenvalue weighted by Crippen LogP contribution is 2.43. The minimum Gasteiger partial charge on any atom is -0.387 e. The van der Waals surface area contributed by atoms with Crippen molar-refractivity contribution in [3.63, 3.8) is 0 Å². The van der Waals surface area contributed by atoms with E-state index in [1.54, 1.807) is 6.08 Å². The minimum atomic E-state index is -4.35. The number of quaternary nitrogens is 1. The maximum absolute atomic E-state index is 12.8. The first-order valence-corrected chi connectivity index (χ1v) is 21.2. The molecule has 0 aromatic rings. The van der Waals surface area contributed by atoms with Gasteiger partial charge in [0.25, 0.3) is 0 Å². The van der Waals surface area contributed by atoms with E-state index in [0.717, 1.165) is 70.6 Å². The van der Waals surface area contributed by atoms with Crippen molar-refractivity contribution < 1.29 is 32.9 Å². The molecule has 0 spiro atoms. The molecule has 50 heavy (non-hydrogen) atoms. The number of allylic oxidation sites excluding steroid dienone is 9. The highest BCUT2D eigenvalue weighted by molar-refractivity contribution is 7.47. The van der Waals surface area contributed by atoms with Gasteiger partial charge in [0, 0.05) is 6.42 Å². The lowest BCUT2D eigenvalue weighted by Crippen LogP contribution is -2.45. The Morgan fingerprint density at radius 1 is 0.680 bits per heavy atom. The molecule has 0 rings (SSSR count). The third kappa shape index (κ3) is 34.6. The number of phosphoric ester groups is 1. The quantitative estimate of drug-likeness (QED) is 0.0201. The van der Waals surface area contributed by atoms with E-state index in [2.05, 4.69) is 67.8 Å². The topological polar surface area (TPSA) is 105 Å². The SMILES string of the molecule is CCCCC/C=C\C=C/CCCCCCCCC(=O)NC(COP(=O)(O)OCC[N+](C)(C)C)C(O)/C=C/CC/C=C/CC/C=C/CCCCC. The van der Waals surface area contributed by atoms with E-state index in [9.17, 15) is 19.4 Å². The van der Waals surface area contributed by atoms with E-state index in [0.29, 0.717) is 17.4 Å². The minimum absolute atomic E-state index is 0.0484. The number of hydrogen-bond acceptors (Lipinski definition) is 5. The molecule has 0 saturated carbocycles. The van der Waals surface area contributed by atoms with Gasteiger partial charge in [-0.1, -0.05) is 126 Å². The highest BCUT2D eigenvalue weighted by atomic mass is 31.2. The number of rotatable bonds is 34. The fourth-order valence-corrected chi connectivity index (χ4v) is 5.74. The number of amides is 1. The Bertz CT molecular complexity index is 1000. The van der Waals surface area contributed by atoms with Crippen LogP contribution in [0, 0.1) is 0 Å². The smallest absolute Gasteiger partial charge is 0.387 e. The molecule has 0 bridgehead atoms. The van der Waals surface area contributed by atoms with Crippen molar-refractivity contribution in [1.29, 1.82) is 0 Å².